The van der Waals surface area contributed by atoms with Crippen molar-refractivity contribution in [2.24, 2.45) is 10.9 Å². The maximum Gasteiger partial charge on any atom is 0.335 e. The third-order valence-corrected chi connectivity index (χ3v) is 7.36. The molecule has 2 aromatic rings. The van der Waals surface area contributed by atoms with Crippen LogP contribution in [-0.4, -0.2) is 34.0 Å². The van der Waals surface area contributed by atoms with Gasteiger partial charge in [-0.2, -0.15) is 0 Å². The largest absolute Gasteiger partial charge is 0.492 e. The molecule has 1 atom stereocenters. The quantitative estimate of drug-likeness (QED) is 0.431. The van der Waals surface area contributed by atoms with Crippen LogP contribution in [0.2, 0.25) is 5.02 Å². The summed E-state index contributed by atoms with van der Waals surface area (Å²) >= 11 is 6.31. The van der Waals surface area contributed by atoms with Gasteiger partial charge in [0.1, 0.15) is 23.0 Å². The third-order valence-electron chi connectivity index (χ3n) is 7.12. The molecule has 5 nitrogen and oxygen atoms in total. The Labute approximate surface area is 213 Å². The molecule has 0 saturated heterocycles. The molecule has 1 aliphatic heterocycles. The maximum absolute atomic E-state index is 14.5. The van der Waals surface area contributed by atoms with Crippen molar-refractivity contribution >= 4 is 23.4 Å². The number of ether oxygens (including phenoxy) is 1. The molecule has 0 spiro atoms. The number of halogens is 3. The summed E-state index contributed by atoms with van der Waals surface area (Å²) in [6.45, 7) is 2.56. The van der Waals surface area contributed by atoms with Gasteiger partial charge < -0.3 is 14.7 Å². The molecule has 0 bridgehead atoms. The van der Waals surface area contributed by atoms with Crippen molar-refractivity contribution in [1.29, 1.82) is 0 Å². The molecule has 0 radical (unpaired) electrons. The minimum atomic E-state index is -1.04. The van der Waals surface area contributed by atoms with Gasteiger partial charge in [-0.05, 0) is 67.7 Å². The Hall–Kier alpha value is -3.19. The van der Waals surface area contributed by atoms with Gasteiger partial charge in [-0.15, -0.1) is 0 Å². The highest BCUT2D eigenvalue weighted by atomic mass is 35.5. The molecular weight excluding hydrogens is 486 g/mol. The smallest absolute Gasteiger partial charge is 0.335 e. The lowest BCUT2D eigenvalue weighted by Gasteiger charge is -2.31. The molecule has 3 aliphatic rings. The van der Waals surface area contributed by atoms with E-state index in [1.54, 1.807) is 37.3 Å². The van der Waals surface area contributed by atoms with Crippen molar-refractivity contribution in [2.75, 3.05) is 6.61 Å². The van der Waals surface area contributed by atoms with Crippen LogP contribution in [-0.2, 0) is 6.54 Å². The van der Waals surface area contributed by atoms with Crippen LogP contribution in [0.5, 0.6) is 5.75 Å². The van der Waals surface area contributed by atoms with Crippen LogP contribution in [0.25, 0.3) is 0 Å². The van der Waals surface area contributed by atoms with Gasteiger partial charge in [-0.3, -0.25) is 4.99 Å². The number of carbonyl (C=O) groups is 1. The highest BCUT2D eigenvalue weighted by molar-refractivity contribution is 6.31. The minimum Gasteiger partial charge on any atom is -0.492 e. The first kappa shape index (κ1) is 24.5. The normalized spacial score (nSPS) is 21.9. The van der Waals surface area contributed by atoms with Crippen LogP contribution in [0.3, 0.4) is 0 Å². The summed E-state index contributed by atoms with van der Waals surface area (Å²) in [5, 5.41) is 9.94. The average Bonchev–Trinajstić information content (AvgIpc) is 3.45. The van der Waals surface area contributed by atoms with E-state index in [1.807, 2.05) is 11.0 Å². The summed E-state index contributed by atoms with van der Waals surface area (Å²) in [5.74, 6) is -1.25. The number of rotatable bonds is 7. The fourth-order valence-electron chi connectivity index (χ4n) is 5.24. The lowest BCUT2D eigenvalue weighted by atomic mass is 9.89. The van der Waals surface area contributed by atoms with Gasteiger partial charge in [-0.1, -0.05) is 36.6 Å². The van der Waals surface area contributed by atoms with E-state index >= 15 is 0 Å². The zero-order valence-corrected chi connectivity index (χ0v) is 20.7. The van der Waals surface area contributed by atoms with E-state index in [9.17, 15) is 18.7 Å². The maximum atomic E-state index is 14.5. The van der Waals surface area contributed by atoms with E-state index < -0.39 is 23.2 Å². The number of benzene rings is 2. The molecular formula is C28H27ClF2N2O3. The van der Waals surface area contributed by atoms with Gasteiger partial charge in [0.15, 0.2) is 5.83 Å². The Morgan fingerprint density at radius 3 is 2.75 bits per heavy atom. The van der Waals surface area contributed by atoms with Crippen LogP contribution in [0.1, 0.15) is 60.5 Å². The number of amidine groups is 1. The van der Waals surface area contributed by atoms with Crippen molar-refractivity contribution < 1.29 is 23.4 Å². The first-order valence-corrected chi connectivity index (χ1v) is 12.5. The van der Waals surface area contributed by atoms with Crippen LogP contribution >= 0.6 is 11.6 Å². The second-order valence-electron chi connectivity index (χ2n) is 9.86. The highest BCUT2D eigenvalue weighted by Gasteiger charge is 2.45. The molecule has 1 heterocycles. The highest BCUT2D eigenvalue weighted by Crippen LogP contribution is 2.45. The molecule has 5 rings (SSSR count). The van der Waals surface area contributed by atoms with Crippen molar-refractivity contribution in [3.63, 3.8) is 0 Å². The van der Waals surface area contributed by atoms with Crippen molar-refractivity contribution in [2.45, 2.75) is 51.1 Å². The molecule has 1 fully saturated rings. The number of hydrogen-bond acceptors (Lipinski definition) is 4. The number of aliphatic imine (C=N–C) groups is 1. The Bertz CT molecular complexity index is 1300. The predicted molar refractivity (Wildman–Crippen MR) is 135 cm³/mol. The first-order valence-electron chi connectivity index (χ1n) is 12.1. The van der Waals surface area contributed by atoms with Gasteiger partial charge in [0.05, 0.1) is 23.4 Å². The first-order chi connectivity index (χ1) is 17.2. The van der Waals surface area contributed by atoms with Crippen LogP contribution in [0.4, 0.5) is 8.78 Å². The number of fused-ring (bicyclic) bond motifs is 1. The Morgan fingerprint density at radius 2 is 2.00 bits per heavy atom. The van der Waals surface area contributed by atoms with E-state index in [-0.39, 0.29) is 18.5 Å². The Balaban J connectivity index is 1.56. The zero-order valence-electron chi connectivity index (χ0n) is 19.9. The Kier molecular flexibility index (Phi) is 6.60. The molecule has 8 heteroatoms. The van der Waals surface area contributed by atoms with Crippen LogP contribution in [0, 0.1) is 5.92 Å². The number of carboxylic acid groups (broad SMARTS) is 1. The molecule has 36 heavy (non-hydrogen) atoms. The van der Waals surface area contributed by atoms with Crippen molar-refractivity contribution in [1.82, 2.24) is 4.90 Å². The summed E-state index contributed by atoms with van der Waals surface area (Å²) in [4.78, 5) is 18.2. The predicted octanol–water partition coefficient (Wildman–Crippen LogP) is 7.07. The summed E-state index contributed by atoms with van der Waals surface area (Å²) in [7, 11) is 0. The topological polar surface area (TPSA) is 62.1 Å². The monoisotopic (exact) mass is 512 g/mol. The lowest BCUT2D eigenvalue weighted by Crippen LogP contribution is -2.33. The van der Waals surface area contributed by atoms with E-state index in [1.165, 1.54) is 25.0 Å². The molecule has 1 saturated carbocycles. The number of allylic oxidation sites excluding steroid dienone is 2. The van der Waals surface area contributed by atoms with E-state index in [0.717, 1.165) is 12.8 Å². The fraction of sp³-hybridized carbons (Fsp3) is 0.357. The summed E-state index contributed by atoms with van der Waals surface area (Å²) in [6, 6.07) is 11.9. The SMILES string of the molecule is CC12CC(F)=C(F)C=C1N(Cc1cccc(C(=O)O)c1)C(c1ccc(Cl)cc1OCC1CCCC1)=N2. The molecule has 2 aromatic carbocycles. The minimum absolute atomic E-state index is 0.148. The summed E-state index contributed by atoms with van der Waals surface area (Å²) < 4.78 is 35.1. The van der Waals surface area contributed by atoms with E-state index in [4.69, 9.17) is 21.3 Å². The summed E-state index contributed by atoms with van der Waals surface area (Å²) in [6.07, 6.45) is 5.62. The summed E-state index contributed by atoms with van der Waals surface area (Å²) in [5.41, 5.74) is 1.01. The van der Waals surface area contributed by atoms with Gasteiger partial charge >= 0.3 is 5.97 Å². The molecule has 1 unspecified atom stereocenters. The van der Waals surface area contributed by atoms with Crippen molar-refractivity contribution in [3.05, 3.63) is 87.6 Å². The third kappa shape index (κ3) is 4.76. The van der Waals surface area contributed by atoms with Gasteiger partial charge in [0, 0.05) is 18.0 Å². The van der Waals surface area contributed by atoms with Crippen LogP contribution < -0.4 is 4.74 Å². The second-order valence-corrected chi connectivity index (χ2v) is 10.3. The van der Waals surface area contributed by atoms with Gasteiger partial charge in [0.25, 0.3) is 0 Å². The number of carboxylic acids is 1. The number of nitrogens with zero attached hydrogens (tertiary/aromatic N) is 2. The lowest BCUT2D eigenvalue weighted by molar-refractivity contribution is 0.0696. The Morgan fingerprint density at radius 1 is 1.22 bits per heavy atom. The standard InChI is InChI=1S/C28H27ClF2N2O3/c1-28-14-23(31)22(30)13-25(28)33(15-18-7-4-8-19(11-18)27(34)35)26(32-28)21-10-9-20(29)12-24(21)36-16-17-5-2-3-6-17/h4,7-13,17H,2-3,5-6,14-16H2,1H3,(H,34,35). The molecule has 2 aliphatic carbocycles. The molecule has 1 N–H and O–H groups in total. The van der Waals surface area contributed by atoms with Crippen molar-refractivity contribution in [3.8, 4) is 5.75 Å². The van der Waals surface area contributed by atoms with Gasteiger partial charge in [-0.25, -0.2) is 13.6 Å². The average molecular weight is 513 g/mol. The van der Waals surface area contributed by atoms with E-state index in [2.05, 4.69) is 0 Å². The van der Waals surface area contributed by atoms with E-state index in [0.29, 0.717) is 46.0 Å². The molecule has 0 aromatic heterocycles. The number of hydrogen-bond donors (Lipinski definition) is 1. The zero-order chi connectivity index (χ0) is 25.4. The molecule has 0 amide bonds. The van der Waals surface area contributed by atoms with Crippen LogP contribution in [0.15, 0.2) is 70.9 Å². The second kappa shape index (κ2) is 9.69. The fourth-order valence-corrected chi connectivity index (χ4v) is 5.40. The molecule has 188 valence electrons. The number of aromatic carboxylic acids is 1. The van der Waals surface area contributed by atoms with Gasteiger partial charge in [0.2, 0.25) is 0 Å².